The summed E-state index contributed by atoms with van der Waals surface area (Å²) >= 11 is 7.04. The maximum Gasteiger partial charge on any atom is 0.294 e. The van der Waals surface area contributed by atoms with Crippen molar-refractivity contribution in [3.63, 3.8) is 0 Å². The van der Waals surface area contributed by atoms with Gasteiger partial charge in [0.15, 0.2) is 0 Å². The van der Waals surface area contributed by atoms with E-state index < -0.39 is 29.4 Å². The fourth-order valence-electron chi connectivity index (χ4n) is 5.07. The second-order valence-corrected chi connectivity index (χ2v) is 11.3. The number of thioether (sulfide) groups is 1. The van der Waals surface area contributed by atoms with Gasteiger partial charge in [0.05, 0.1) is 24.7 Å². The molecule has 11 heteroatoms. The summed E-state index contributed by atoms with van der Waals surface area (Å²) in [4.78, 5) is 42.0. The lowest BCUT2D eigenvalue weighted by molar-refractivity contribution is -0.127. The van der Waals surface area contributed by atoms with Crippen molar-refractivity contribution in [1.82, 2.24) is 9.47 Å². The van der Waals surface area contributed by atoms with E-state index in [4.69, 9.17) is 16.3 Å². The number of morpholine rings is 1. The van der Waals surface area contributed by atoms with E-state index in [9.17, 15) is 18.8 Å². The van der Waals surface area contributed by atoms with E-state index in [1.54, 1.807) is 36.5 Å². The zero-order valence-corrected chi connectivity index (χ0v) is 24.0. The fourth-order valence-corrected chi connectivity index (χ4v) is 6.13. The molecule has 2 fully saturated rings. The number of para-hydroxylation sites is 1. The molecule has 0 spiro atoms. The van der Waals surface area contributed by atoms with Gasteiger partial charge in [0, 0.05) is 57.7 Å². The van der Waals surface area contributed by atoms with Crippen LogP contribution in [-0.4, -0.2) is 59.4 Å². The molecule has 2 aliphatic rings. The molecule has 6 rings (SSSR count). The highest BCUT2D eigenvalue weighted by atomic mass is 35.5. The fraction of sp³-hybridized carbons (Fsp3) is 0.194. The quantitative estimate of drug-likeness (QED) is 0.261. The number of rotatable bonds is 7. The minimum atomic E-state index is -0.545. The molecular weight excluding hydrogens is 579 g/mol. The van der Waals surface area contributed by atoms with Crippen molar-refractivity contribution in [1.29, 1.82) is 0 Å². The Balaban J connectivity index is 1.16. The summed E-state index contributed by atoms with van der Waals surface area (Å²) < 4.78 is 21.7. The number of anilines is 2. The third-order valence-corrected chi connectivity index (χ3v) is 8.46. The molecule has 0 bridgehead atoms. The summed E-state index contributed by atoms with van der Waals surface area (Å²) in [7, 11) is 0. The maximum atomic E-state index is 14.5. The first-order valence-corrected chi connectivity index (χ1v) is 14.6. The van der Waals surface area contributed by atoms with E-state index in [0.29, 0.717) is 35.1 Å². The van der Waals surface area contributed by atoms with Crippen LogP contribution in [0.2, 0.25) is 5.02 Å². The van der Waals surface area contributed by atoms with Crippen LogP contribution in [0.5, 0.6) is 0 Å². The van der Waals surface area contributed by atoms with Crippen molar-refractivity contribution in [2.45, 2.75) is 6.54 Å². The van der Waals surface area contributed by atoms with Crippen LogP contribution in [0.15, 0.2) is 77.8 Å². The van der Waals surface area contributed by atoms with E-state index in [1.165, 1.54) is 6.07 Å². The van der Waals surface area contributed by atoms with Crippen molar-refractivity contribution in [3.05, 3.63) is 99.8 Å². The predicted molar refractivity (Wildman–Crippen MR) is 163 cm³/mol. The summed E-state index contributed by atoms with van der Waals surface area (Å²) in [6.45, 7) is 2.75. The number of carbonyl (C=O) groups excluding carboxylic acids is 3. The number of hydrogen-bond donors (Lipinski definition) is 1. The third kappa shape index (κ3) is 5.78. The van der Waals surface area contributed by atoms with Gasteiger partial charge in [0.2, 0.25) is 5.91 Å². The number of fused-ring (bicyclic) bond motifs is 1. The van der Waals surface area contributed by atoms with Crippen molar-refractivity contribution in [3.8, 4) is 0 Å². The minimum absolute atomic E-state index is 0.189. The number of amides is 3. The van der Waals surface area contributed by atoms with Crippen LogP contribution >= 0.6 is 23.4 Å². The van der Waals surface area contributed by atoms with Gasteiger partial charge in [-0.2, -0.15) is 0 Å². The van der Waals surface area contributed by atoms with Gasteiger partial charge in [-0.25, -0.2) is 4.39 Å². The summed E-state index contributed by atoms with van der Waals surface area (Å²) in [6.07, 6.45) is 3.43. The number of benzene rings is 3. The van der Waals surface area contributed by atoms with Crippen LogP contribution in [0.25, 0.3) is 17.0 Å². The SMILES string of the molecule is O=C(CN1C(=O)S/C(=C/c2cn(Cc3c(F)cccc3Cl)c3ccccc23)C1=O)Nc1ccc(N2CCOCC2)cc1. The van der Waals surface area contributed by atoms with Crippen LogP contribution in [0, 0.1) is 5.82 Å². The second-order valence-electron chi connectivity index (χ2n) is 9.89. The smallest absolute Gasteiger partial charge is 0.294 e. The highest BCUT2D eigenvalue weighted by Crippen LogP contribution is 2.34. The molecule has 1 aromatic heterocycles. The van der Waals surface area contributed by atoms with Crippen LogP contribution in [0.3, 0.4) is 0 Å². The second kappa shape index (κ2) is 12.0. The molecule has 42 heavy (non-hydrogen) atoms. The highest BCUT2D eigenvalue weighted by molar-refractivity contribution is 8.18. The first-order chi connectivity index (χ1) is 20.4. The molecule has 2 aliphatic heterocycles. The van der Waals surface area contributed by atoms with Gasteiger partial charge in [-0.1, -0.05) is 35.9 Å². The lowest BCUT2D eigenvalue weighted by Crippen LogP contribution is -2.36. The Morgan fingerprint density at radius 2 is 1.79 bits per heavy atom. The minimum Gasteiger partial charge on any atom is -0.378 e. The van der Waals surface area contributed by atoms with Crippen molar-refractivity contribution in [2.24, 2.45) is 0 Å². The van der Waals surface area contributed by atoms with Crippen molar-refractivity contribution >= 4 is 68.8 Å². The lowest BCUT2D eigenvalue weighted by Gasteiger charge is -2.28. The molecule has 0 atom stereocenters. The number of nitrogens with one attached hydrogen (secondary N) is 1. The van der Waals surface area contributed by atoms with Gasteiger partial charge in [-0.05, 0) is 60.3 Å². The van der Waals surface area contributed by atoms with Gasteiger partial charge >= 0.3 is 0 Å². The zero-order valence-electron chi connectivity index (χ0n) is 22.4. The molecule has 3 aromatic carbocycles. The molecule has 2 saturated heterocycles. The molecule has 1 N–H and O–H groups in total. The van der Waals surface area contributed by atoms with Gasteiger partial charge in [0.1, 0.15) is 12.4 Å². The van der Waals surface area contributed by atoms with Gasteiger partial charge in [-0.15, -0.1) is 0 Å². The molecule has 8 nitrogen and oxygen atoms in total. The topological polar surface area (TPSA) is 83.9 Å². The highest BCUT2D eigenvalue weighted by Gasteiger charge is 2.36. The molecule has 214 valence electrons. The van der Waals surface area contributed by atoms with E-state index >= 15 is 0 Å². The van der Waals surface area contributed by atoms with Crippen LogP contribution < -0.4 is 10.2 Å². The predicted octanol–water partition coefficient (Wildman–Crippen LogP) is 5.99. The molecule has 0 saturated carbocycles. The number of halogens is 2. The average Bonchev–Trinajstić information content (AvgIpc) is 3.47. The molecule has 3 amide bonds. The summed E-state index contributed by atoms with van der Waals surface area (Å²) in [5, 5.41) is 3.39. The van der Waals surface area contributed by atoms with Crippen LogP contribution in [0.4, 0.5) is 20.6 Å². The first kappa shape index (κ1) is 28.0. The monoisotopic (exact) mass is 604 g/mol. The van der Waals surface area contributed by atoms with Gasteiger partial charge < -0.3 is 19.5 Å². The van der Waals surface area contributed by atoms with E-state index in [-0.39, 0.29) is 11.4 Å². The number of hydrogen-bond acceptors (Lipinski definition) is 6. The lowest BCUT2D eigenvalue weighted by atomic mass is 10.1. The normalized spacial score (nSPS) is 16.6. The zero-order chi connectivity index (χ0) is 29.2. The summed E-state index contributed by atoms with van der Waals surface area (Å²) in [5.74, 6) is -1.43. The molecule has 4 aromatic rings. The van der Waals surface area contributed by atoms with Crippen molar-refractivity contribution in [2.75, 3.05) is 43.1 Å². The van der Waals surface area contributed by atoms with Crippen LogP contribution in [0.1, 0.15) is 11.1 Å². The Hall–Kier alpha value is -4.12. The number of imide groups is 1. The number of aromatic nitrogens is 1. The molecule has 3 heterocycles. The average molecular weight is 605 g/mol. The standard InChI is InChI=1S/C31H26ClFN4O4S/c32-25-5-3-6-26(33)24(25)18-36-17-20(23-4-1-2-7-27(23)36)16-28-30(39)37(31(40)42-28)19-29(38)34-21-8-10-22(11-9-21)35-12-14-41-15-13-35/h1-11,16-17H,12-15,18-19H2,(H,34,38)/b28-16+. The number of ether oxygens (including phenoxy) is 1. The maximum absolute atomic E-state index is 14.5. The van der Waals surface area contributed by atoms with Gasteiger partial charge in [-0.3, -0.25) is 19.3 Å². The Morgan fingerprint density at radius 1 is 1.02 bits per heavy atom. The molecule has 0 radical (unpaired) electrons. The molecular formula is C31H26ClFN4O4S. The van der Waals surface area contributed by atoms with E-state index in [0.717, 1.165) is 46.3 Å². The first-order valence-electron chi connectivity index (χ1n) is 13.4. The van der Waals surface area contributed by atoms with Crippen molar-refractivity contribution < 1.29 is 23.5 Å². The molecule has 0 unspecified atom stereocenters. The number of nitrogens with zero attached hydrogens (tertiary/aromatic N) is 3. The van der Waals surface area contributed by atoms with E-state index in [2.05, 4.69) is 10.2 Å². The van der Waals surface area contributed by atoms with Crippen LogP contribution in [-0.2, 0) is 20.9 Å². The Labute approximate surface area is 250 Å². The Morgan fingerprint density at radius 3 is 2.55 bits per heavy atom. The third-order valence-electron chi connectivity index (χ3n) is 7.20. The summed E-state index contributed by atoms with van der Waals surface area (Å²) in [5.41, 5.74) is 3.47. The largest absolute Gasteiger partial charge is 0.378 e. The Kier molecular flexibility index (Phi) is 8.01. The van der Waals surface area contributed by atoms with E-state index in [1.807, 2.05) is 41.0 Å². The summed E-state index contributed by atoms with van der Waals surface area (Å²) in [6, 6.07) is 19.5. The van der Waals surface area contributed by atoms with Gasteiger partial charge in [0.25, 0.3) is 11.1 Å². The Bertz CT molecular complexity index is 1700. The molecule has 0 aliphatic carbocycles. The number of carbonyl (C=O) groups is 3.